The molecule has 1 atom stereocenters. The van der Waals surface area contributed by atoms with Crippen LogP contribution < -0.4 is 10.5 Å². The standard InChI is InChI=1S/C13H12BrFN2O/c1-18-11-3-2-6-17-13(11)12(16)9-7-8(15)4-5-10(9)14/h2-7,12H,16H2,1H3. The number of pyridine rings is 1. The monoisotopic (exact) mass is 310 g/mol. The van der Waals surface area contributed by atoms with Gasteiger partial charge in [-0.3, -0.25) is 4.98 Å². The summed E-state index contributed by atoms with van der Waals surface area (Å²) in [5, 5.41) is 0. The lowest BCUT2D eigenvalue weighted by Crippen LogP contribution is -2.15. The molecule has 94 valence electrons. The Morgan fingerprint density at radius 1 is 1.39 bits per heavy atom. The number of nitrogens with two attached hydrogens (primary N) is 1. The molecule has 0 amide bonds. The second kappa shape index (κ2) is 5.46. The van der Waals surface area contributed by atoms with E-state index >= 15 is 0 Å². The van der Waals surface area contributed by atoms with E-state index in [9.17, 15) is 4.39 Å². The smallest absolute Gasteiger partial charge is 0.142 e. The average molecular weight is 311 g/mol. The molecule has 0 aliphatic carbocycles. The van der Waals surface area contributed by atoms with Crippen LogP contribution in [0.4, 0.5) is 4.39 Å². The maximum atomic E-state index is 13.3. The van der Waals surface area contributed by atoms with Gasteiger partial charge in [0.1, 0.15) is 17.3 Å². The second-order valence-corrected chi connectivity index (χ2v) is 4.59. The van der Waals surface area contributed by atoms with Crippen molar-refractivity contribution in [3.8, 4) is 5.75 Å². The predicted molar refractivity (Wildman–Crippen MR) is 70.9 cm³/mol. The summed E-state index contributed by atoms with van der Waals surface area (Å²) < 4.78 is 19.2. The first kappa shape index (κ1) is 13.0. The molecule has 0 spiro atoms. The Balaban J connectivity index is 2.47. The van der Waals surface area contributed by atoms with Crippen LogP contribution in [-0.4, -0.2) is 12.1 Å². The van der Waals surface area contributed by atoms with Crippen molar-refractivity contribution in [1.82, 2.24) is 4.98 Å². The largest absolute Gasteiger partial charge is 0.495 e. The lowest BCUT2D eigenvalue weighted by atomic mass is 10.0. The normalized spacial score (nSPS) is 12.2. The van der Waals surface area contributed by atoms with Gasteiger partial charge in [-0.25, -0.2) is 4.39 Å². The van der Waals surface area contributed by atoms with Crippen molar-refractivity contribution in [1.29, 1.82) is 0 Å². The molecule has 0 aliphatic rings. The van der Waals surface area contributed by atoms with Crippen molar-refractivity contribution in [2.45, 2.75) is 6.04 Å². The molecule has 18 heavy (non-hydrogen) atoms. The third-order valence-corrected chi connectivity index (χ3v) is 3.33. The number of benzene rings is 1. The Bertz CT molecular complexity index is 562. The number of rotatable bonds is 3. The van der Waals surface area contributed by atoms with Gasteiger partial charge < -0.3 is 10.5 Å². The van der Waals surface area contributed by atoms with E-state index in [0.717, 1.165) is 4.47 Å². The number of nitrogens with zero attached hydrogens (tertiary/aromatic N) is 1. The summed E-state index contributed by atoms with van der Waals surface area (Å²) in [6.07, 6.45) is 1.63. The summed E-state index contributed by atoms with van der Waals surface area (Å²) >= 11 is 3.36. The number of hydrogen-bond acceptors (Lipinski definition) is 3. The average Bonchev–Trinajstić information content (AvgIpc) is 2.40. The van der Waals surface area contributed by atoms with Crippen LogP contribution in [0.2, 0.25) is 0 Å². The third kappa shape index (κ3) is 2.52. The zero-order chi connectivity index (χ0) is 13.1. The first-order valence-electron chi connectivity index (χ1n) is 5.33. The van der Waals surface area contributed by atoms with Crippen molar-refractivity contribution in [3.05, 3.63) is 58.1 Å². The van der Waals surface area contributed by atoms with Gasteiger partial charge in [-0.2, -0.15) is 0 Å². The number of hydrogen-bond donors (Lipinski definition) is 1. The molecule has 1 aromatic carbocycles. The van der Waals surface area contributed by atoms with Gasteiger partial charge in [0.2, 0.25) is 0 Å². The van der Waals surface area contributed by atoms with Crippen LogP contribution in [0.5, 0.6) is 5.75 Å². The molecular weight excluding hydrogens is 299 g/mol. The highest BCUT2D eigenvalue weighted by atomic mass is 79.9. The van der Waals surface area contributed by atoms with Crippen molar-refractivity contribution >= 4 is 15.9 Å². The Hall–Kier alpha value is -1.46. The van der Waals surface area contributed by atoms with Crippen molar-refractivity contribution in [2.24, 2.45) is 5.73 Å². The zero-order valence-electron chi connectivity index (χ0n) is 9.73. The van der Waals surface area contributed by atoms with Crippen LogP contribution in [0.3, 0.4) is 0 Å². The zero-order valence-corrected chi connectivity index (χ0v) is 11.3. The first-order chi connectivity index (χ1) is 8.63. The molecule has 1 aromatic heterocycles. The summed E-state index contributed by atoms with van der Waals surface area (Å²) in [4.78, 5) is 4.20. The van der Waals surface area contributed by atoms with Gasteiger partial charge in [0.25, 0.3) is 0 Å². The molecular formula is C13H12BrFN2O. The summed E-state index contributed by atoms with van der Waals surface area (Å²) in [6, 6.07) is 7.37. The number of methoxy groups -OCH3 is 1. The minimum atomic E-state index is -0.550. The fourth-order valence-electron chi connectivity index (χ4n) is 1.71. The van der Waals surface area contributed by atoms with E-state index in [1.807, 2.05) is 0 Å². The van der Waals surface area contributed by atoms with Gasteiger partial charge in [-0.05, 0) is 35.9 Å². The molecule has 5 heteroatoms. The minimum Gasteiger partial charge on any atom is -0.495 e. The molecule has 0 saturated heterocycles. The van der Waals surface area contributed by atoms with E-state index in [0.29, 0.717) is 17.0 Å². The Morgan fingerprint density at radius 2 is 2.17 bits per heavy atom. The molecule has 2 aromatic rings. The molecule has 2 rings (SSSR count). The second-order valence-electron chi connectivity index (χ2n) is 3.73. The van der Waals surface area contributed by atoms with E-state index < -0.39 is 6.04 Å². The van der Waals surface area contributed by atoms with Gasteiger partial charge >= 0.3 is 0 Å². The molecule has 0 fully saturated rings. The van der Waals surface area contributed by atoms with Gasteiger partial charge in [-0.1, -0.05) is 15.9 Å². The van der Waals surface area contributed by atoms with E-state index in [2.05, 4.69) is 20.9 Å². The SMILES string of the molecule is COc1cccnc1C(N)c1cc(F)ccc1Br. The Kier molecular flexibility index (Phi) is 3.93. The van der Waals surface area contributed by atoms with Crippen molar-refractivity contribution in [2.75, 3.05) is 7.11 Å². The molecule has 0 radical (unpaired) electrons. The van der Waals surface area contributed by atoms with E-state index in [1.54, 1.807) is 31.5 Å². The van der Waals surface area contributed by atoms with E-state index in [1.165, 1.54) is 12.1 Å². The predicted octanol–water partition coefficient (Wildman–Crippen LogP) is 3.04. The maximum Gasteiger partial charge on any atom is 0.142 e. The number of ether oxygens (including phenoxy) is 1. The van der Waals surface area contributed by atoms with Crippen LogP contribution in [0, 0.1) is 5.82 Å². The topological polar surface area (TPSA) is 48.1 Å². The van der Waals surface area contributed by atoms with E-state index in [-0.39, 0.29) is 5.82 Å². The minimum absolute atomic E-state index is 0.335. The fraction of sp³-hybridized carbons (Fsp3) is 0.154. The summed E-state index contributed by atoms with van der Waals surface area (Å²) in [6.45, 7) is 0. The quantitative estimate of drug-likeness (QED) is 0.948. The molecule has 1 heterocycles. The fourth-order valence-corrected chi connectivity index (χ4v) is 2.20. The van der Waals surface area contributed by atoms with Gasteiger partial charge in [0.15, 0.2) is 0 Å². The summed E-state index contributed by atoms with van der Waals surface area (Å²) in [5.74, 6) is 0.250. The molecule has 0 saturated carbocycles. The number of aromatic nitrogens is 1. The van der Waals surface area contributed by atoms with Crippen LogP contribution >= 0.6 is 15.9 Å². The Morgan fingerprint density at radius 3 is 2.89 bits per heavy atom. The Labute approximate surface area is 113 Å². The van der Waals surface area contributed by atoms with E-state index in [4.69, 9.17) is 10.5 Å². The van der Waals surface area contributed by atoms with Crippen LogP contribution in [0.25, 0.3) is 0 Å². The highest BCUT2D eigenvalue weighted by molar-refractivity contribution is 9.10. The lowest BCUT2D eigenvalue weighted by Gasteiger charge is -2.16. The van der Waals surface area contributed by atoms with Crippen LogP contribution in [0.1, 0.15) is 17.3 Å². The third-order valence-electron chi connectivity index (χ3n) is 2.61. The van der Waals surface area contributed by atoms with Crippen LogP contribution in [-0.2, 0) is 0 Å². The molecule has 0 bridgehead atoms. The summed E-state index contributed by atoms with van der Waals surface area (Å²) in [5.41, 5.74) is 7.33. The molecule has 0 aliphatic heterocycles. The summed E-state index contributed by atoms with van der Waals surface area (Å²) in [7, 11) is 1.55. The molecule has 3 nitrogen and oxygen atoms in total. The van der Waals surface area contributed by atoms with Crippen molar-refractivity contribution < 1.29 is 9.13 Å². The first-order valence-corrected chi connectivity index (χ1v) is 6.12. The van der Waals surface area contributed by atoms with Crippen LogP contribution in [0.15, 0.2) is 41.0 Å². The molecule has 1 unspecified atom stereocenters. The van der Waals surface area contributed by atoms with Gasteiger partial charge in [0.05, 0.1) is 13.2 Å². The van der Waals surface area contributed by atoms with Crippen molar-refractivity contribution in [3.63, 3.8) is 0 Å². The van der Waals surface area contributed by atoms with Gasteiger partial charge in [0, 0.05) is 10.7 Å². The maximum absolute atomic E-state index is 13.3. The highest BCUT2D eigenvalue weighted by Crippen LogP contribution is 2.30. The highest BCUT2D eigenvalue weighted by Gasteiger charge is 2.18. The molecule has 2 N–H and O–H groups in total. The lowest BCUT2D eigenvalue weighted by molar-refractivity contribution is 0.404. The number of halogens is 2. The van der Waals surface area contributed by atoms with Gasteiger partial charge in [-0.15, -0.1) is 0 Å².